The van der Waals surface area contributed by atoms with Gasteiger partial charge in [-0.2, -0.15) is 4.39 Å². The highest BCUT2D eigenvalue weighted by Gasteiger charge is 2.28. The fourth-order valence-electron chi connectivity index (χ4n) is 1.34. The van der Waals surface area contributed by atoms with E-state index < -0.39 is 35.6 Å². The van der Waals surface area contributed by atoms with Crippen molar-refractivity contribution < 1.29 is 33.3 Å². The normalized spacial score (nSPS) is 13.9. The van der Waals surface area contributed by atoms with E-state index in [2.05, 4.69) is 9.47 Å². The van der Waals surface area contributed by atoms with Gasteiger partial charge in [-0.1, -0.05) is 0 Å². The third-order valence-electron chi connectivity index (χ3n) is 2.32. The molecule has 1 rings (SSSR count). The monoisotopic (exact) mass is 262 g/mol. The summed E-state index contributed by atoms with van der Waals surface area (Å²) < 4.78 is 35.1. The van der Waals surface area contributed by atoms with E-state index in [9.17, 15) is 23.8 Å². The number of carbonyl (C=O) groups excluding carboxylic acids is 1. The second-order valence-corrected chi connectivity index (χ2v) is 3.43. The van der Waals surface area contributed by atoms with E-state index in [4.69, 9.17) is 0 Å². The van der Waals surface area contributed by atoms with Gasteiger partial charge >= 0.3 is 5.97 Å². The summed E-state index contributed by atoms with van der Waals surface area (Å²) in [5, 5.41) is 19.0. The van der Waals surface area contributed by atoms with Gasteiger partial charge in [-0.15, -0.1) is 0 Å². The molecule has 7 heteroatoms. The van der Waals surface area contributed by atoms with Crippen LogP contribution >= 0.6 is 0 Å². The molecule has 0 amide bonds. The maximum atomic E-state index is 13.2. The lowest BCUT2D eigenvalue weighted by molar-refractivity contribution is -0.156. The van der Waals surface area contributed by atoms with Crippen LogP contribution in [0.25, 0.3) is 0 Å². The van der Waals surface area contributed by atoms with Crippen LogP contribution in [-0.2, 0) is 9.53 Å². The van der Waals surface area contributed by atoms with Crippen molar-refractivity contribution in [3.05, 3.63) is 29.3 Å². The molecule has 0 aliphatic heterocycles. The second kappa shape index (κ2) is 5.74. The van der Waals surface area contributed by atoms with E-state index in [1.54, 1.807) is 0 Å². The summed E-state index contributed by atoms with van der Waals surface area (Å²) in [4.78, 5) is 11.0. The highest BCUT2D eigenvalue weighted by molar-refractivity contribution is 5.75. The van der Waals surface area contributed by atoms with Gasteiger partial charge < -0.3 is 19.7 Å². The summed E-state index contributed by atoms with van der Waals surface area (Å²) in [6.07, 6.45) is -3.65. The Balaban J connectivity index is 3.10. The number of benzene rings is 1. The van der Waals surface area contributed by atoms with E-state index in [0.29, 0.717) is 6.07 Å². The maximum Gasteiger partial charge on any atom is 0.337 e. The van der Waals surface area contributed by atoms with Crippen LogP contribution in [-0.4, -0.2) is 36.5 Å². The molecule has 0 bridgehead atoms. The van der Waals surface area contributed by atoms with E-state index in [1.807, 2.05) is 0 Å². The van der Waals surface area contributed by atoms with Gasteiger partial charge in [-0.05, 0) is 17.7 Å². The molecule has 5 nitrogen and oxygen atoms in total. The Labute approximate surface area is 102 Å². The zero-order valence-corrected chi connectivity index (χ0v) is 9.68. The molecule has 2 N–H and O–H groups in total. The van der Waals surface area contributed by atoms with Crippen molar-refractivity contribution in [3.8, 4) is 5.75 Å². The Bertz CT molecular complexity index is 449. The topological polar surface area (TPSA) is 76.0 Å². The van der Waals surface area contributed by atoms with Crippen LogP contribution in [0, 0.1) is 11.6 Å². The van der Waals surface area contributed by atoms with Gasteiger partial charge in [0.2, 0.25) is 5.82 Å². The number of carbonyl (C=O) groups is 1. The highest BCUT2D eigenvalue weighted by atomic mass is 19.2. The molecule has 0 heterocycles. The summed E-state index contributed by atoms with van der Waals surface area (Å²) in [5.41, 5.74) is -0.205. The highest BCUT2D eigenvalue weighted by Crippen LogP contribution is 2.27. The van der Waals surface area contributed by atoms with E-state index >= 15 is 0 Å². The summed E-state index contributed by atoms with van der Waals surface area (Å²) in [5.74, 6) is -4.02. The number of halogens is 2. The molecule has 0 saturated carbocycles. The molecule has 100 valence electrons. The molecule has 2 unspecified atom stereocenters. The van der Waals surface area contributed by atoms with Crippen LogP contribution in [0.1, 0.15) is 11.7 Å². The lowest BCUT2D eigenvalue weighted by Gasteiger charge is -2.17. The van der Waals surface area contributed by atoms with Crippen LogP contribution in [0.15, 0.2) is 12.1 Å². The standard InChI is InChI=1S/C11H12F2O5/c1-17-7-4-5(3-6(12)8(7)13)9(14)10(15)11(16)18-2/h3-4,9-10,14-15H,1-2H3. The lowest BCUT2D eigenvalue weighted by atomic mass is 10.0. The Hall–Kier alpha value is -1.73. The van der Waals surface area contributed by atoms with Gasteiger partial charge in [0.1, 0.15) is 6.10 Å². The zero-order valence-electron chi connectivity index (χ0n) is 9.68. The first kappa shape index (κ1) is 14.3. The van der Waals surface area contributed by atoms with Gasteiger partial charge in [0.05, 0.1) is 14.2 Å². The van der Waals surface area contributed by atoms with Crippen LogP contribution in [0.3, 0.4) is 0 Å². The predicted molar refractivity (Wildman–Crippen MR) is 55.9 cm³/mol. The van der Waals surface area contributed by atoms with E-state index in [0.717, 1.165) is 20.3 Å². The average Bonchev–Trinajstić information content (AvgIpc) is 2.38. The fraction of sp³-hybridized carbons (Fsp3) is 0.364. The number of rotatable bonds is 4. The number of methoxy groups -OCH3 is 2. The van der Waals surface area contributed by atoms with Gasteiger partial charge in [-0.3, -0.25) is 0 Å². The second-order valence-electron chi connectivity index (χ2n) is 3.43. The number of hydrogen-bond donors (Lipinski definition) is 2. The molecule has 0 radical (unpaired) electrons. The number of aliphatic hydroxyl groups is 2. The van der Waals surface area contributed by atoms with Gasteiger partial charge in [-0.25, -0.2) is 9.18 Å². The molecule has 0 aliphatic carbocycles. The Morgan fingerprint density at radius 1 is 1.28 bits per heavy atom. The number of esters is 1. The molecular weight excluding hydrogens is 250 g/mol. The SMILES string of the molecule is COC(=O)C(O)C(O)c1cc(F)c(F)c(OC)c1. The average molecular weight is 262 g/mol. The van der Waals surface area contributed by atoms with Crippen LogP contribution in [0.2, 0.25) is 0 Å². The van der Waals surface area contributed by atoms with E-state index in [1.165, 1.54) is 0 Å². The molecule has 2 atom stereocenters. The summed E-state index contributed by atoms with van der Waals surface area (Å²) in [7, 11) is 2.13. The van der Waals surface area contributed by atoms with Gasteiger partial charge in [0, 0.05) is 0 Å². The van der Waals surface area contributed by atoms with Crippen molar-refractivity contribution in [1.29, 1.82) is 0 Å². The predicted octanol–water partition coefficient (Wildman–Crippen LogP) is 0.541. The maximum absolute atomic E-state index is 13.2. The molecule has 1 aromatic carbocycles. The summed E-state index contributed by atoms with van der Waals surface area (Å²) in [6, 6.07) is 1.64. The quantitative estimate of drug-likeness (QED) is 0.774. The van der Waals surface area contributed by atoms with Crippen molar-refractivity contribution in [1.82, 2.24) is 0 Å². The lowest BCUT2D eigenvalue weighted by Crippen LogP contribution is -2.29. The Morgan fingerprint density at radius 2 is 1.89 bits per heavy atom. The molecular formula is C11H12F2O5. The zero-order chi connectivity index (χ0) is 13.9. The van der Waals surface area contributed by atoms with Crippen molar-refractivity contribution in [2.45, 2.75) is 12.2 Å². The fourth-order valence-corrected chi connectivity index (χ4v) is 1.34. The third-order valence-corrected chi connectivity index (χ3v) is 2.32. The largest absolute Gasteiger partial charge is 0.494 e. The van der Waals surface area contributed by atoms with Gasteiger partial charge in [0.15, 0.2) is 17.7 Å². The number of hydrogen-bond acceptors (Lipinski definition) is 5. The minimum Gasteiger partial charge on any atom is -0.494 e. The molecule has 0 aliphatic rings. The van der Waals surface area contributed by atoms with Crippen molar-refractivity contribution in [3.63, 3.8) is 0 Å². The van der Waals surface area contributed by atoms with Crippen LogP contribution in [0.5, 0.6) is 5.75 Å². The number of aliphatic hydroxyl groups excluding tert-OH is 2. The molecule has 1 aromatic rings. The first-order chi connectivity index (χ1) is 8.42. The van der Waals surface area contributed by atoms with Crippen LogP contribution < -0.4 is 4.74 Å². The Kier molecular flexibility index (Phi) is 4.57. The van der Waals surface area contributed by atoms with Crippen molar-refractivity contribution >= 4 is 5.97 Å². The molecule has 0 spiro atoms. The van der Waals surface area contributed by atoms with Gasteiger partial charge in [0.25, 0.3) is 0 Å². The van der Waals surface area contributed by atoms with E-state index in [-0.39, 0.29) is 5.56 Å². The van der Waals surface area contributed by atoms with Crippen molar-refractivity contribution in [2.24, 2.45) is 0 Å². The number of ether oxygens (including phenoxy) is 2. The first-order valence-electron chi connectivity index (χ1n) is 4.89. The smallest absolute Gasteiger partial charge is 0.337 e. The Morgan fingerprint density at radius 3 is 2.39 bits per heavy atom. The minimum atomic E-state index is -1.90. The molecule has 0 fully saturated rings. The van der Waals surface area contributed by atoms with Crippen molar-refractivity contribution in [2.75, 3.05) is 14.2 Å². The summed E-state index contributed by atoms with van der Waals surface area (Å²) in [6.45, 7) is 0. The summed E-state index contributed by atoms with van der Waals surface area (Å²) >= 11 is 0. The molecule has 0 saturated heterocycles. The molecule has 18 heavy (non-hydrogen) atoms. The molecule has 0 aromatic heterocycles. The minimum absolute atomic E-state index is 0.205. The third kappa shape index (κ3) is 2.74. The van der Waals surface area contributed by atoms with Crippen LogP contribution in [0.4, 0.5) is 8.78 Å². The first-order valence-corrected chi connectivity index (χ1v) is 4.89.